The third kappa shape index (κ3) is 1.98. The molecule has 1 aliphatic heterocycles. The predicted octanol–water partition coefficient (Wildman–Crippen LogP) is 4.32. The highest BCUT2D eigenvalue weighted by atomic mass is 16.2. The standard InChI is InChI=1S/C22H25NO2/c1-12-9-10-18(13(2)11-12)23-21(24)19-16-7-3-5-14(16)15-6-4-8-17(15)20(19)22(23)25/h9-11,16-17,19-20H,3-8H2,1-2H3/t16-,17+,19-,20-/m1/s1. The van der Waals surface area contributed by atoms with Crippen LogP contribution in [0.5, 0.6) is 0 Å². The zero-order valence-electron chi connectivity index (χ0n) is 15.0. The summed E-state index contributed by atoms with van der Waals surface area (Å²) in [5.41, 5.74) is 6.11. The number of carbonyl (C=O) groups is 2. The Morgan fingerprint density at radius 2 is 1.44 bits per heavy atom. The molecule has 3 fully saturated rings. The second-order valence-corrected chi connectivity index (χ2v) is 8.40. The van der Waals surface area contributed by atoms with E-state index in [1.165, 1.54) is 12.8 Å². The maximum atomic E-state index is 13.4. The molecule has 0 N–H and O–H groups in total. The van der Waals surface area contributed by atoms with Gasteiger partial charge < -0.3 is 0 Å². The summed E-state index contributed by atoms with van der Waals surface area (Å²) in [5, 5.41) is 0. The Morgan fingerprint density at radius 3 is 1.96 bits per heavy atom. The third-order valence-electron chi connectivity index (χ3n) is 7.09. The van der Waals surface area contributed by atoms with Crippen LogP contribution in [0.3, 0.4) is 0 Å². The number of nitrogens with zero attached hydrogens (tertiary/aromatic N) is 1. The quantitative estimate of drug-likeness (QED) is 0.566. The highest BCUT2D eigenvalue weighted by Crippen LogP contribution is 2.58. The van der Waals surface area contributed by atoms with Crippen molar-refractivity contribution in [3.63, 3.8) is 0 Å². The van der Waals surface area contributed by atoms with E-state index in [-0.39, 0.29) is 23.7 Å². The highest BCUT2D eigenvalue weighted by molar-refractivity contribution is 6.23. The molecule has 3 aliphatic carbocycles. The molecule has 4 aliphatic rings. The van der Waals surface area contributed by atoms with E-state index in [1.807, 2.05) is 26.0 Å². The Bertz CT molecular complexity index is 779. The van der Waals surface area contributed by atoms with Crippen LogP contribution in [0.4, 0.5) is 5.69 Å². The molecule has 130 valence electrons. The molecule has 0 unspecified atom stereocenters. The first-order valence-electron chi connectivity index (χ1n) is 9.75. The first-order chi connectivity index (χ1) is 12.1. The summed E-state index contributed by atoms with van der Waals surface area (Å²) in [6.07, 6.45) is 6.86. The number of hydrogen-bond donors (Lipinski definition) is 0. The summed E-state index contributed by atoms with van der Waals surface area (Å²) in [7, 11) is 0. The molecule has 0 radical (unpaired) electrons. The van der Waals surface area contributed by atoms with Crippen molar-refractivity contribution in [3.8, 4) is 0 Å². The fraction of sp³-hybridized carbons (Fsp3) is 0.545. The van der Waals surface area contributed by atoms with Gasteiger partial charge in [-0.25, -0.2) is 4.90 Å². The number of fused-ring (bicyclic) bond motifs is 5. The fourth-order valence-electron chi connectivity index (χ4n) is 6.19. The molecular formula is C22H25NO2. The van der Waals surface area contributed by atoms with Crippen molar-refractivity contribution in [2.75, 3.05) is 4.90 Å². The van der Waals surface area contributed by atoms with Gasteiger partial charge in [-0.1, -0.05) is 28.8 Å². The molecule has 3 nitrogen and oxygen atoms in total. The lowest BCUT2D eigenvalue weighted by atomic mass is 9.66. The third-order valence-corrected chi connectivity index (χ3v) is 7.09. The van der Waals surface area contributed by atoms with Crippen molar-refractivity contribution >= 4 is 17.5 Å². The topological polar surface area (TPSA) is 37.4 Å². The SMILES string of the molecule is Cc1ccc(N2C(=O)[C@H]3[C@H](C2=O)[C@H]2CCCC2=C2CCC[C@H]23)c(C)c1. The Hall–Kier alpha value is -1.90. The maximum Gasteiger partial charge on any atom is 0.238 e. The van der Waals surface area contributed by atoms with Crippen LogP contribution in [0.25, 0.3) is 0 Å². The summed E-state index contributed by atoms with van der Waals surface area (Å²) in [4.78, 5) is 28.3. The van der Waals surface area contributed by atoms with Crippen LogP contribution in [0.1, 0.15) is 49.7 Å². The summed E-state index contributed by atoms with van der Waals surface area (Å²) >= 11 is 0. The van der Waals surface area contributed by atoms with Gasteiger partial charge in [-0.3, -0.25) is 9.59 Å². The Morgan fingerprint density at radius 1 is 0.880 bits per heavy atom. The minimum Gasteiger partial charge on any atom is -0.274 e. The molecule has 0 bridgehead atoms. The Balaban J connectivity index is 1.62. The minimum atomic E-state index is -0.0995. The molecule has 1 saturated heterocycles. The zero-order chi connectivity index (χ0) is 17.3. The van der Waals surface area contributed by atoms with Gasteiger partial charge in [0.15, 0.2) is 0 Å². The van der Waals surface area contributed by atoms with E-state index in [4.69, 9.17) is 0 Å². The Kier molecular flexibility index (Phi) is 3.25. The van der Waals surface area contributed by atoms with Crippen LogP contribution in [0.15, 0.2) is 29.3 Å². The van der Waals surface area contributed by atoms with Gasteiger partial charge in [0, 0.05) is 0 Å². The van der Waals surface area contributed by atoms with Gasteiger partial charge in [-0.05, 0) is 75.8 Å². The largest absolute Gasteiger partial charge is 0.274 e. The van der Waals surface area contributed by atoms with E-state index in [0.717, 1.165) is 42.5 Å². The van der Waals surface area contributed by atoms with Crippen LogP contribution in [0, 0.1) is 37.5 Å². The molecule has 0 aromatic heterocycles. The van der Waals surface area contributed by atoms with Gasteiger partial charge in [0.1, 0.15) is 0 Å². The van der Waals surface area contributed by atoms with E-state index >= 15 is 0 Å². The van der Waals surface area contributed by atoms with Crippen molar-refractivity contribution < 1.29 is 9.59 Å². The van der Waals surface area contributed by atoms with E-state index in [1.54, 1.807) is 16.0 Å². The Labute approximate surface area is 149 Å². The smallest absolute Gasteiger partial charge is 0.238 e. The first kappa shape index (κ1) is 15.4. The molecule has 1 heterocycles. The summed E-state index contributed by atoms with van der Waals surface area (Å²) in [6, 6.07) is 6.03. The lowest BCUT2D eigenvalue weighted by molar-refractivity contribution is -0.122. The molecule has 5 rings (SSSR count). The average molecular weight is 335 g/mol. The van der Waals surface area contributed by atoms with Gasteiger partial charge in [0.25, 0.3) is 0 Å². The zero-order valence-corrected chi connectivity index (χ0v) is 15.0. The number of aryl methyl sites for hydroxylation is 2. The van der Waals surface area contributed by atoms with Gasteiger partial charge >= 0.3 is 0 Å². The van der Waals surface area contributed by atoms with Crippen molar-refractivity contribution in [2.45, 2.75) is 52.4 Å². The van der Waals surface area contributed by atoms with Crippen molar-refractivity contribution in [2.24, 2.45) is 23.7 Å². The molecule has 1 aromatic rings. The number of rotatable bonds is 1. The number of hydrogen-bond acceptors (Lipinski definition) is 2. The van der Waals surface area contributed by atoms with Gasteiger partial charge in [0.2, 0.25) is 11.8 Å². The number of carbonyl (C=O) groups excluding carboxylic acids is 2. The molecule has 25 heavy (non-hydrogen) atoms. The first-order valence-corrected chi connectivity index (χ1v) is 9.75. The van der Waals surface area contributed by atoms with Gasteiger partial charge in [0.05, 0.1) is 17.5 Å². The van der Waals surface area contributed by atoms with E-state index < -0.39 is 0 Å². The van der Waals surface area contributed by atoms with Gasteiger partial charge in [-0.15, -0.1) is 0 Å². The van der Waals surface area contributed by atoms with E-state index in [9.17, 15) is 9.59 Å². The highest BCUT2D eigenvalue weighted by Gasteiger charge is 2.59. The number of amides is 2. The average Bonchev–Trinajstić information content (AvgIpc) is 3.26. The van der Waals surface area contributed by atoms with Crippen LogP contribution in [0.2, 0.25) is 0 Å². The molecule has 0 spiro atoms. The molecule has 2 saturated carbocycles. The molecule has 4 atom stereocenters. The van der Waals surface area contributed by atoms with E-state index in [2.05, 4.69) is 6.07 Å². The predicted molar refractivity (Wildman–Crippen MR) is 97.1 cm³/mol. The second-order valence-electron chi connectivity index (χ2n) is 8.40. The molecular weight excluding hydrogens is 310 g/mol. The number of anilines is 1. The number of benzene rings is 1. The summed E-state index contributed by atoms with van der Waals surface area (Å²) < 4.78 is 0. The minimum absolute atomic E-state index is 0.0669. The fourth-order valence-corrected chi connectivity index (χ4v) is 6.19. The monoisotopic (exact) mass is 335 g/mol. The van der Waals surface area contributed by atoms with Crippen LogP contribution < -0.4 is 4.90 Å². The van der Waals surface area contributed by atoms with Crippen molar-refractivity contribution in [1.82, 2.24) is 0 Å². The normalized spacial score (nSPS) is 33.8. The van der Waals surface area contributed by atoms with E-state index in [0.29, 0.717) is 11.8 Å². The lowest BCUT2D eigenvalue weighted by Gasteiger charge is -2.34. The molecule has 3 heteroatoms. The maximum absolute atomic E-state index is 13.4. The molecule has 2 amide bonds. The second kappa shape index (κ2) is 5.30. The molecule has 1 aromatic carbocycles. The van der Waals surface area contributed by atoms with Crippen LogP contribution in [-0.2, 0) is 9.59 Å². The van der Waals surface area contributed by atoms with Gasteiger partial charge in [-0.2, -0.15) is 0 Å². The van der Waals surface area contributed by atoms with Crippen molar-refractivity contribution in [1.29, 1.82) is 0 Å². The van der Waals surface area contributed by atoms with Crippen LogP contribution in [-0.4, -0.2) is 11.8 Å². The number of allylic oxidation sites excluding steroid dienone is 2. The van der Waals surface area contributed by atoms with Crippen LogP contribution >= 0.6 is 0 Å². The summed E-state index contributed by atoms with van der Waals surface area (Å²) in [6.45, 7) is 4.05. The lowest BCUT2D eigenvalue weighted by Crippen LogP contribution is -2.35. The number of imide groups is 1. The van der Waals surface area contributed by atoms with Crippen molar-refractivity contribution in [3.05, 3.63) is 40.5 Å². The summed E-state index contributed by atoms with van der Waals surface area (Å²) in [5.74, 6) is 0.604.